The summed E-state index contributed by atoms with van der Waals surface area (Å²) in [5.41, 5.74) is 0.493. The Kier molecular flexibility index (Phi) is 4.99. The summed E-state index contributed by atoms with van der Waals surface area (Å²) in [5.74, 6) is -0.0749. The maximum absolute atomic E-state index is 12.1. The number of nitrogens with zero attached hydrogens (tertiary/aromatic N) is 2. The smallest absolute Gasteiger partial charge is 0.255 e. The highest BCUT2D eigenvalue weighted by Gasteiger charge is 2.16. The minimum atomic E-state index is -0.0749. The molecule has 0 aliphatic rings. The van der Waals surface area contributed by atoms with E-state index < -0.39 is 0 Å². The Hall–Kier alpha value is -1.35. The van der Waals surface area contributed by atoms with Crippen molar-refractivity contribution < 1.29 is 4.79 Å². The van der Waals surface area contributed by atoms with E-state index in [0.29, 0.717) is 23.7 Å². The summed E-state index contributed by atoms with van der Waals surface area (Å²) in [6.07, 6.45) is 5.66. The number of amides is 1. The van der Waals surface area contributed by atoms with Crippen LogP contribution in [0.4, 0.5) is 0 Å². The molecule has 0 fully saturated rings. The van der Waals surface area contributed by atoms with Gasteiger partial charge in [-0.3, -0.25) is 9.78 Å². The van der Waals surface area contributed by atoms with E-state index in [1.807, 2.05) is 6.92 Å². The molecule has 1 aromatic rings. The number of carbonyl (C=O) groups is 1. The standard InChI is InChI=1S/C12H15ClN2O/c1-3-7-15(8-4-2)12(16)10-5-6-14-9-11(10)13/h3,5-6,9H,1,4,7-8H2,2H3. The van der Waals surface area contributed by atoms with Gasteiger partial charge in [-0.2, -0.15) is 0 Å². The molecule has 0 bridgehead atoms. The second kappa shape index (κ2) is 6.28. The Balaban J connectivity index is 2.89. The van der Waals surface area contributed by atoms with E-state index in [0.717, 1.165) is 6.42 Å². The zero-order valence-corrected chi connectivity index (χ0v) is 10.1. The highest BCUT2D eigenvalue weighted by molar-refractivity contribution is 6.33. The maximum Gasteiger partial charge on any atom is 0.255 e. The van der Waals surface area contributed by atoms with Crippen molar-refractivity contribution in [2.75, 3.05) is 13.1 Å². The van der Waals surface area contributed by atoms with Gasteiger partial charge in [0.25, 0.3) is 5.91 Å². The van der Waals surface area contributed by atoms with Crippen molar-refractivity contribution in [1.82, 2.24) is 9.88 Å². The van der Waals surface area contributed by atoms with Crippen molar-refractivity contribution in [2.24, 2.45) is 0 Å². The molecule has 4 heteroatoms. The lowest BCUT2D eigenvalue weighted by Crippen LogP contribution is -2.32. The lowest BCUT2D eigenvalue weighted by Gasteiger charge is -2.20. The molecular weight excluding hydrogens is 224 g/mol. The highest BCUT2D eigenvalue weighted by Crippen LogP contribution is 2.15. The van der Waals surface area contributed by atoms with Crippen LogP contribution in [0.1, 0.15) is 23.7 Å². The van der Waals surface area contributed by atoms with Gasteiger partial charge in [0.05, 0.1) is 10.6 Å². The average Bonchev–Trinajstić information content (AvgIpc) is 2.28. The van der Waals surface area contributed by atoms with Gasteiger partial charge in [0.2, 0.25) is 0 Å². The van der Waals surface area contributed by atoms with Gasteiger partial charge in [-0.05, 0) is 12.5 Å². The summed E-state index contributed by atoms with van der Waals surface area (Å²) in [7, 11) is 0. The summed E-state index contributed by atoms with van der Waals surface area (Å²) in [5, 5.41) is 0.387. The van der Waals surface area contributed by atoms with Crippen LogP contribution in [0.2, 0.25) is 5.02 Å². The molecule has 0 atom stereocenters. The number of hydrogen-bond donors (Lipinski definition) is 0. The van der Waals surface area contributed by atoms with Crippen LogP contribution >= 0.6 is 11.6 Å². The second-order valence-corrected chi connectivity index (χ2v) is 3.80. The molecule has 0 N–H and O–H groups in total. The largest absolute Gasteiger partial charge is 0.335 e. The molecular formula is C12H15ClN2O. The predicted octanol–water partition coefficient (Wildman–Crippen LogP) is 2.77. The van der Waals surface area contributed by atoms with Gasteiger partial charge >= 0.3 is 0 Å². The molecule has 0 aliphatic carbocycles. The normalized spacial score (nSPS) is 9.88. The minimum Gasteiger partial charge on any atom is -0.335 e. The number of rotatable bonds is 5. The third-order valence-electron chi connectivity index (χ3n) is 2.13. The molecule has 0 saturated carbocycles. The first-order valence-corrected chi connectivity index (χ1v) is 5.58. The number of hydrogen-bond acceptors (Lipinski definition) is 2. The minimum absolute atomic E-state index is 0.0749. The zero-order valence-electron chi connectivity index (χ0n) is 9.32. The predicted molar refractivity (Wildman–Crippen MR) is 65.6 cm³/mol. The molecule has 0 saturated heterocycles. The highest BCUT2D eigenvalue weighted by atomic mass is 35.5. The number of aromatic nitrogens is 1. The van der Waals surface area contributed by atoms with E-state index in [-0.39, 0.29) is 5.91 Å². The van der Waals surface area contributed by atoms with Crippen LogP contribution < -0.4 is 0 Å². The summed E-state index contributed by atoms with van der Waals surface area (Å²) in [6.45, 7) is 6.90. The Labute approximate surface area is 101 Å². The maximum atomic E-state index is 12.1. The van der Waals surface area contributed by atoms with Gasteiger partial charge in [-0.25, -0.2) is 0 Å². The van der Waals surface area contributed by atoms with Gasteiger partial charge in [0, 0.05) is 25.5 Å². The molecule has 0 spiro atoms. The Morgan fingerprint density at radius 1 is 1.69 bits per heavy atom. The van der Waals surface area contributed by atoms with Crippen LogP contribution in [-0.4, -0.2) is 28.9 Å². The summed E-state index contributed by atoms with van der Waals surface area (Å²) in [4.78, 5) is 17.7. The van der Waals surface area contributed by atoms with E-state index in [1.54, 1.807) is 23.2 Å². The molecule has 0 radical (unpaired) electrons. The number of carbonyl (C=O) groups excluding carboxylic acids is 1. The van der Waals surface area contributed by atoms with Crippen LogP contribution in [0.3, 0.4) is 0 Å². The SMILES string of the molecule is C=CCN(CCC)C(=O)c1ccncc1Cl. The molecule has 16 heavy (non-hydrogen) atoms. The summed E-state index contributed by atoms with van der Waals surface area (Å²) < 4.78 is 0. The van der Waals surface area contributed by atoms with Crippen LogP contribution in [-0.2, 0) is 0 Å². The molecule has 1 rings (SSSR count). The van der Waals surface area contributed by atoms with E-state index >= 15 is 0 Å². The number of pyridine rings is 1. The third-order valence-corrected chi connectivity index (χ3v) is 2.43. The van der Waals surface area contributed by atoms with Crippen molar-refractivity contribution in [3.63, 3.8) is 0 Å². The lowest BCUT2D eigenvalue weighted by molar-refractivity contribution is 0.0774. The molecule has 1 amide bonds. The van der Waals surface area contributed by atoms with E-state index in [4.69, 9.17) is 11.6 Å². The first-order chi connectivity index (χ1) is 7.70. The van der Waals surface area contributed by atoms with Gasteiger partial charge in [0.1, 0.15) is 0 Å². The van der Waals surface area contributed by atoms with Crippen molar-refractivity contribution in [3.8, 4) is 0 Å². The summed E-state index contributed by atoms with van der Waals surface area (Å²) >= 11 is 5.93. The number of halogens is 1. The Morgan fingerprint density at radius 3 is 3.00 bits per heavy atom. The summed E-state index contributed by atoms with van der Waals surface area (Å²) in [6, 6.07) is 1.64. The average molecular weight is 239 g/mol. The van der Waals surface area contributed by atoms with Crippen molar-refractivity contribution >= 4 is 17.5 Å². The Morgan fingerprint density at radius 2 is 2.44 bits per heavy atom. The van der Waals surface area contributed by atoms with Gasteiger partial charge < -0.3 is 4.90 Å². The topological polar surface area (TPSA) is 33.2 Å². The van der Waals surface area contributed by atoms with E-state index in [1.165, 1.54) is 6.20 Å². The molecule has 0 aliphatic heterocycles. The second-order valence-electron chi connectivity index (χ2n) is 3.40. The quantitative estimate of drug-likeness (QED) is 0.739. The van der Waals surface area contributed by atoms with E-state index in [9.17, 15) is 4.79 Å². The first kappa shape index (κ1) is 12.7. The third kappa shape index (κ3) is 3.07. The molecule has 1 aromatic heterocycles. The van der Waals surface area contributed by atoms with Crippen LogP contribution in [0.5, 0.6) is 0 Å². The van der Waals surface area contributed by atoms with Crippen LogP contribution in [0, 0.1) is 0 Å². The molecule has 86 valence electrons. The van der Waals surface area contributed by atoms with Gasteiger partial charge in [0.15, 0.2) is 0 Å². The fourth-order valence-electron chi connectivity index (χ4n) is 1.42. The molecule has 0 aromatic carbocycles. The lowest BCUT2D eigenvalue weighted by atomic mass is 10.2. The van der Waals surface area contributed by atoms with Gasteiger partial charge in [-0.1, -0.05) is 24.6 Å². The fourth-order valence-corrected chi connectivity index (χ4v) is 1.62. The van der Waals surface area contributed by atoms with Crippen molar-refractivity contribution in [2.45, 2.75) is 13.3 Å². The fraction of sp³-hybridized carbons (Fsp3) is 0.333. The molecule has 1 heterocycles. The van der Waals surface area contributed by atoms with Crippen molar-refractivity contribution in [1.29, 1.82) is 0 Å². The first-order valence-electron chi connectivity index (χ1n) is 5.20. The zero-order chi connectivity index (χ0) is 12.0. The van der Waals surface area contributed by atoms with Crippen LogP contribution in [0.25, 0.3) is 0 Å². The van der Waals surface area contributed by atoms with Crippen LogP contribution in [0.15, 0.2) is 31.1 Å². The van der Waals surface area contributed by atoms with Gasteiger partial charge in [-0.15, -0.1) is 6.58 Å². The monoisotopic (exact) mass is 238 g/mol. The van der Waals surface area contributed by atoms with E-state index in [2.05, 4.69) is 11.6 Å². The van der Waals surface area contributed by atoms with Crippen molar-refractivity contribution in [3.05, 3.63) is 41.7 Å². The molecule has 3 nitrogen and oxygen atoms in total. The molecule has 0 unspecified atom stereocenters. The Bertz CT molecular complexity index is 379.